The van der Waals surface area contributed by atoms with E-state index in [-0.39, 0.29) is 0 Å². The largest absolute Gasteiger partial charge is 0.310 e. The van der Waals surface area contributed by atoms with Crippen molar-refractivity contribution in [3.63, 3.8) is 0 Å². The molecule has 1 aromatic heterocycles. The molecule has 0 bridgehead atoms. The van der Waals surface area contributed by atoms with Crippen LogP contribution in [-0.4, -0.2) is 36.9 Å². The Morgan fingerprint density at radius 3 is 0.920 bits per heavy atom. The molecular formula is C68H71N3Si4. The molecule has 75 heavy (non-hydrogen) atoms. The summed E-state index contributed by atoms with van der Waals surface area (Å²) in [5.41, 5.74) is 12.7. The lowest BCUT2D eigenvalue weighted by molar-refractivity contribution is 1.18. The van der Waals surface area contributed by atoms with Crippen molar-refractivity contribution in [3.05, 3.63) is 212 Å². The second-order valence-corrected chi connectivity index (χ2v) is 45.1. The summed E-state index contributed by atoms with van der Waals surface area (Å²) in [5, 5.41) is 13.2. The molecule has 3 nitrogen and oxygen atoms in total. The van der Waals surface area contributed by atoms with E-state index >= 15 is 0 Å². The van der Waals surface area contributed by atoms with Crippen LogP contribution in [0.2, 0.25) is 78.6 Å². The molecule has 0 radical (unpaired) electrons. The predicted octanol–water partition coefficient (Wildman–Crippen LogP) is 17.9. The molecule has 0 aliphatic heterocycles. The Balaban J connectivity index is 1.27. The second kappa shape index (κ2) is 19.0. The van der Waals surface area contributed by atoms with Crippen molar-refractivity contribution in [3.8, 4) is 16.8 Å². The first-order valence-electron chi connectivity index (χ1n) is 26.8. The average Bonchev–Trinajstić information content (AvgIpc) is 3.74. The highest BCUT2D eigenvalue weighted by molar-refractivity contribution is 6.90. The van der Waals surface area contributed by atoms with Crippen molar-refractivity contribution in [1.29, 1.82) is 0 Å². The zero-order chi connectivity index (χ0) is 52.6. The second-order valence-electron chi connectivity index (χ2n) is 24.8. The highest BCUT2D eigenvalue weighted by Crippen LogP contribution is 2.50. The molecule has 0 N–H and O–H groups in total. The topological polar surface area (TPSA) is 11.4 Å². The van der Waals surface area contributed by atoms with Crippen LogP contribution < -0.4 is 30.5 Å². The summed E-state index contributed by atoms with van der Waals surface area (Å²) in [4.78, 5) is 5.04. The minimum absolute atomic E-state index is 1.12. The Labute approximate surface area is 449 Å². The fourth-order valence-corrected chi connectivity index (χ4v) is 15.8. The van der Waals surface area contributed by atoms with Crippen LogP contribution in [0.4, 0.5) is 34.1 Å². The SMILES string of the molecule is C[Si](C)(C)c1ccc(N(c2ccc([Si](C)(C)C)cc2)c2cc3c(c4ccccc24)c2c4ccccc4c(N(c4ccc([Si](C)(C)C)cc4)c4ccc([Si](C)(C)C)cc4)cc2n3-c2cccc(-c3ccccc3)c2)cc1. The maximum atomic E-state index is 2.57. The smallest absolute Gasteiger partial charge is 0.0775 e. The molecule has 11 aromatic rings. The maximum absolute atomic E-state index is 2.57. The quantitative estimate of drug-likeness (QED) is 0.113. The number of benzene rings is 10. The van der Waals surface area contributed by atoms with E-state index in [0.717, 1.165) is 39.8 Å². The van der Waals surface area contributed by atoms with Gasteiger partial charge in [-0.1, -0.05) is 239 Å². The van der Waals surface area contributed by atoms with Gasteiger partial charge in [0.05, 0.1) is 54.7 Å². The minimum atomic E-state index is -1.57. The zero-order valence-corrected chi connectivity index (χ0v) is 50.0. The van der Waals surface area contributed by atoms with Crippen LogP contribution in [0, 0.1) is 0 Å². The van der Waals surface area contributed by atoms with E-state index in [1.165, 1.54) is 75.2 Å². The Morgan fingerprint density at radius 2 is 0.587 bits per heavy atom. The first-order chi connectivity index (χ1) is 35.7. The first kappa shape index (κ1) is 50.2. The number of nitrogens with zero attached hydrogens (tertiary/aromatic N) is 3. The third kappa shape index (κ3) is 9.45. The monoisotopic (exact) mass is 1040 g/mol. The fourth-order valence-electron chi connectivity index (χ4n) is 11.1. The average molecular weight is 1040 g/mol. The van der Waals surface area contributed by atoms with Crippen LogP contribution >= 0.6 is 0 Å². The summed E-state index contributed by atoms with van der Waals surface area (Å²) in [6, 6.07) is 81.3. The van der Waals surface area contributed by atoms with Gasteiger partial charge in [-0.2, -0.15) is 0 Å². The van der Waals surface area contributed by atoms with Crippen molar-refractivity contribution >= 4 is 131 Å². The molecular weight excluding hydrogens is 971 g/mol. The van der Waals surface area contributed by atoms with Crippen LogP contribution in [-0.2, 0) is 0 Å². The third-order valence-corrected chi connectivity index (χ3v) is 23.7. The molecule has 11 rings (SSSR count). The van der Waals surface area contributed by atoms with Crippen LogP contribution in [0.3, 0.4) is 0 Å². The Hall–Kier alpha value is -7.01. The number of hydrogen-bond donors (Lipinski definition) is 0. The van der Waals surface area contributed by atoms with Crippen molar-refractivity contribution in [2.75, 3.05) is 9.80 Å². The molecule has 374 valence electrons. The molecule has 0 aliphatic carbocycles. The summed E-state index contributed by atoms with van der Waals surface area (Å²) < 4.78 is 2.57. The summed E-state index contributed by atoms with van der Waals surface area (Å²) in [6.07, 6.45) is 0. The van der Waals surface area contributed by atoms with Crippen LogP contribution in [0.15, 0.2) is 212 Å². The predicted molar refractivity (Wildman–Crippen MR) is 343 cm³/mol. The molecule has 0 spiro atoms. The fraction of sp³-hybridized carbons (Fsp3) is 0.176. The van der Waals surface area contributed by atoms with Gasteiger partial charge in [-0.3, -0.25) is 0 Å². The molecule has 7 heteroatoms. The molecule has 0 saturated carbocycles. The highest BCUT2D eigenvalue weighted by Gasteiger charge is 2.28. The molecule has 0 amide bonds. The summed E-state index contributed by atoms with van der Waals surface area (Å²) in [7, 11) is -6.27. The van der Waals surface area contributed by atoms with E-state index in [1.807, 2.05) is 0 Å². The zero-order valence-electron chi connectivity index (χ0n) is 46.0. The summed E-state index contributed by atoms with van der Waals surface area (Å²) in [6.45, 7) is 29.2. The lowest BCUT2D eigenvalue weighted by Gasteiger charge is -2.29. The van der Waals surface area contributed by atoms with Gasteiger partial charge in [0, 0.05) is 50.0 Å². The Kier molecular flexibility index (Phi) is 12.7. The lowest BCUT2D eigenvalue weighted by Crippen LogP contribution is -2.37. The van der Waals surface area contributed by atoms with Gasteiger partial charge in [-0.05, 0) is 94.7 Å². The molecule has 0 unspecified atom stereocenters. The number of aromatic nitrogens is 1. The van der Waals surface area contributed by atoms with E-state index in [0.29, 0.717) is 0 Å². The van der Waals surface area contributed by atoms with Gasteiger partial charge in [-0.15, -0.1) is 0 Å². The maximum Gasteiger partial charge on any atom is 0.0775 e. The molecule has 0 atom stereocenters. The molecule has 0 saturated heterocycles. The summed E-state index contributed by atoms with van der Waals surface area (Å²) in [5.74, 6) is 0. The minimum Gasteiger partial charge on any atom is -0.310 e. The highest BCUT2D eigenvalue weighted by atomic mass is 28.3. The normalized spacial score (nSPS) is 12.5. The number of fused-ring (bicyclic) bond motifs is 7. The van der Waals surface area contributed by atoms with E-state index in [4.69, 9.17) is 0 Å². The van der Waals surface area contributed by atoms with Crippen LogP contribution in [0.5, 0.6) is 0 Å². The van der Waals surface area contributed by atoms with Gasteiger partial charge in [0.2, 0.25) is 0 Å². The molecule has 10 aromatic carbocycles. The summed E-state index contributed by atoms with van der Waals surface area (Å²) >= 11 is 0. The number of hydrogen-bond acceptors (Lipinski definition) is 2. The van der Waals surface area contributed by atoms with E-state index < -0.39 is 32.3 Å². The van der Waals surface area contributed by atoms with Gasteiger partial charge in [-0.25, -0.2) is 0 Å². The standard InChI is InChI=1S/C68H71N3Si4/c1-72(2,3)55-37-29-50(30-38-55)69(51-31-39-56(40-32-51)73(4,5)6)63-46-65-67(61-27-18-16-25-59(61)63)68-62-28-19-17-26-60(62)64(47-66(68)71(65)54-24-20-23-49(45-54)48-21-14-13-15-22-48)70(52-33-41-57(42-34-52)74(7,8)9)53-35-43-58(44-36-53)75(10,11)12/h13-47H,1-12H3. The van der Waals surface area contributed by atoms with Crippen LogP contribution in [0.1, 0.15) is 0 Å². The molecule has 0 fully saturated rings. The molecule has 1 heterocycles. The van der Waals surface area contributed by atoms with Crippen molar-refractivity contribution in [1.82, 2.24) is 4.57 Å². The number of rotatable bonds is 12. The van der Waals surface area contributed by atoms with Gasteiger partial charge in [0.15, 0.2) is 0 Å². The van der Waals surface area contributed by atoms with E-state index in [2.05, 4.69) is 305 Å². The van der Waals surface area contributed by atoms with Gasteiger partial charge < -0.3 is 14.4 Å². The van der Waals surface area contributed by atoms with Gasteiger partial charge in [0.25, 0.3) is 0 Å². The molecule has 0 aliphatic rings. The first-order valence-corrected chi connectivity index (χ1v) is 40.8. The third-order valence-electron chi connectivity index (χ3n) is 15.4. The van der Waals surface area contributed by atoms with Crippen LogP contribution in [0.25, 0.3) is 60.2 Å². The lowest BCUT2D eigenvalue weighted by atomic mass is 9.96. The van der Waals surface area contributed by atoms with Gasteiger partial charge in [0.1, 0.15) is 0 Å². The number of anilines is 6. The van der Waals surface area contributed by atoms with Gasteiger partial charge >= 0.3 is 0 Å². The van der Waals surface area contributed by atoms with Crippen molar-refractivity contribution < 1.29 is 0 Å². The van der Waals surface area contributed by atoms with Crippen molar-refractivity contribution in [2.24, 2.45) is 0 Å². The van der Waals surface area contributed by atoms with E-state index in [1.54, 1.807) is 0 Å². The van der Waals surface area contributed by atoms with E-state index in [9.17, 15) is 0 Å². The van der Waals surface area contributed by atoms with Crippen molar-refractivity contribution in [2.45, 2.75) is 78.6 Å². The Bertz CT molecular complexity index is 3560. The Morgan fingerprint density at radius 1 is 0.280 bits per heavy atom.